The van der Waals surface area contributed by atoms with Crippen molar-refractivity contribution in [1.29, 1.82) is 0 Å². The van der Waals surface area contributed by atoms with E-state index in [1.54, 1.807) is 18.5 Å². The molecule has 0 radical (unpaired) electrons. The van der Waals surface area contributed by atoms with Crippen LogP contribution < -0.4 is 15.8 Å². The summed E-state index contributed by atoms with van der Waals surface area (Å²) in [5.41, 5.74) is 1.93. The van der Waals surface area contributed by atoms with Crippen LogP contribution in [-0.4, -0.2) is 19.8 Å². The van der Waals surface area contributed by atoms with Gasteiger partial charge in [-0.1, -0.05) is 4.98 Å². The zero-order valence-corrected chi connectivity index (χ0v) is 11.1. The number of nitrogens with two attached hydrogens (primary N) is 1. The number of nitrogens with one attached hydrogen (secondary N) is 1. The number of aromatic amines is 1. The molecule has 0 aliphatic carbocycles. The van der Waals surface area contributed by atoms with E-state index >= 15 is 0 Å². The van der Waals surface area contributed by atoms with E-state index in [4.69, 9.17) is 5.73 Å². The number of benzene rings is 1. The molecule has 0 spiro atoms. The van der Waals surface area contributed by atoms with Crippen molar-refractivity contribution in [3.63, 3.8) is 0 Å². The number of anilines is 1. The largest absolute Gasteiger partial charge is 0.863 e. The number of hydrogen-bond acceptors (Lipinski definition) is 9. The van der Waals surface area contributed by atoms with Gasteiger partial charge in [-0.2, -0.15) is 0 Å². The second-order valence-corrected chi connectivity index (χ2v) is 3.75. The van der Waals surface area contributed by atoms with Gasteiger partial charge in [-0.25, -0.2) is 4.98 Å². The molecule has 2 rings (SSSR count). The standard InChI is InChI=1S/C6H3N3O7.C4H5N3/c10-6-4(8(13)14)1-3(7(11)12)2-5(6)9(15)16;5-4-6-2-1-3-7-4/h1-2,10H;1-3H,(H2,5,6,7). The van der Waals surface area contributed by atoms with Crippen LogP contribution >= 0.6 is 0 Å². The maximum absolute atomic E-state index is 11.1. The predicted molar refractivity (Wildman–Crippen MR) is 71.1 cm³/mol. The van der Waals surface area contributed by atoms with E-state index in [1.165, 1.54) is 0 Å². The molecule has 0 saturated carbocycles. The number of aromatic nitrogens is 2. The third-order valence-corrected chi connectivity index (χ3v) is 2.27. The number of nitro benzene ring substituents is 3. The van der Waals surface area contributed by atoms with Gasteiger partial charge in [0, 0.05) is 6.07 Å². The van der Waals surface area contributed by atoms with Gasteiger partial charge in [-0.15, -0.1) is 0 Å². The van der Waals surface area contributed by atoms with Crippen molar-refractivity contribution in [2.45, 2.75) is 0 Å². The van der Waals surface area contributed by atoms with Crippen molar-refractivity contribution in [1.82, 2.24) is 4.98 Å². The molecule has 0 amide bonds. The molecule has 13 heteroatoms. The van der Waals surface area contributed by atoms with Crippen molar-refractivity contribution in [3.8, 4) is 5.75 Å². The predicted octanol–water partition coefficient (Wildman–Crippen LogP) is -0.0373. The minimum absolute atomic E-state index is 0.384. The maximum Gasteiger partial charge on any atom is 0.386 e. The Bertz CT molecular complexity index is 716. The first-order chi connectivity index (χ1) is 10.7. The van der Waals surface area contributed by atoms with E-state index < -0.39 is 37.6 Å². The molecule has 0 atom stereocenters. The summed E-state index contributed by atoms with van der Waals surface area (Å²) >= 11 is 0. The normalized spacial score (nSPS) is 9.39. The average Bonchev–Trinajstić information content (AvgIpc) is 2.48. The second kappa shape index (κ2) is 7.21. The fourth-order valence-corrected chi connectivity index (χ4v) is 1.30. The summed E-state index contributed by atoms with van der Waals surface area (Å²) in [7, 11) is 0. The van der Waals surface area contributed by atoms with Crippen LogP contribution in [0, 0.1) is 30.3 Å². The summed E-state index contributed by atoms with van der Waals surface area (Å²) < 4.78 is 0. The monoisotopic (exact) mass is 324 g/mol. The third-order valence-electron chi connectivity index (χ3n) is 2.27. The molecule has 1 aromatic heterocycles. The van der Waals surface area contributed by atoms with Gasteiger partial charge in [0.05, 0.1) is 38.8 Å². The lowest BCUT2D eigenvalue weighted by molar-refractivity contribution is -0.420. The van der Waals surface area contributed by atoms with Crippen LogP contribution in [0.15, 0.2) is 30.6 Å². The molecule has 0 unspecified atom stereocenters. The van der Waals surface area contributed by atoms with E-state index in [-0.39, 0.29) is 0 Å². The fourth-order valence-electron chi connectivity index (χ4n) is 1.30. The number of nitro groups is 3. The van der Waals surface area contributed by atoms with Crippen molar-refractivity contribution in [3.05, 3.63) is 60.9 Å². The van der Waals surface area contributed by atoms with E-state index in [0.717, 1.165) is 0 Å². The van der Waals surface area contributed by atoms with Gasteiger partial charge >= 0.3 is 5.95 Å². The zero-order chi connectivity index (χ0) is 17.6. The van der Waals surface area contributed by atoms with E-state index in [2.05, 4.69) is 9.97 Å². The zero-order valence-electron chi connectivity index (χ0n) is 11.1. The Kier molecular flexibility index (Phi) is 5.37. The van der Waals surface area contributed by atoms with Crippen molar-refractivity contribution in [2.24, 2.45) is 0 Å². The van der Waals surface area contributed by atoms with E-state index in [9.17, 15) is 35.4 Å². The average molecular weight is 324 g/mol. The van der Waals surface area contributed by atoms with Crippen LogP contribution in [0.3, 0.4) is 0 Å². The molecular formula is C10H8N6O7. The lowest BCUT2D eigenvalue weighted by Crippen LogP contribution is -2.09. The lowest BCUT2D eigenvalue weighted by Gasteiger charge is -2.06. The molecule has 1 aromatic carbocycles. The van der Waals surface area contributed by atoms with Crippen molar-refractivity contribution in [2.75, 3.05) is 5.73 Å². The summed E-state index contributed by atoms with van der Waals surface area (Å²) in [4.78, 5) is 33.9. The minimum Gasteiger partial charge on any atom is -0.863 e. The van der Waals surface area contributed by atoms with Crippen molar-refractivity contribution >= 4 is 23.0 Å². The van der Waals surface area contributed by atoms with Crippen LogP contribution in [0.5, 0.6) is 5.75 Å². The Morgan fingerprint density at radius 2 is 1.52 bits per heavy atom. The Labute approximate surface area is 126 Å². The highest BCUT2D eigenvalue weighted by Crippen LogP contribution is 2.36. The molecule has 0 saturated heterocycles. The molecule has 120 valence electrons. The Morgan fingerprint density at radius 1 is 1.00 bits per heavy atom. The topological polar surface area (TPSA) is 206 Å². The summed E-state index contributed by atoms with van der Waals surface area (Å²) in [5, 5.41) is 42.1. The van der Waals surface area contributed by atoms with Crippen molar-refractivity contribution < 1.29 is 24.9 Å². The van der Waals surface area contributed by atoms with Gasteiger partial charge in [0.15, 0.2) is 0 Å². The fraction of sp³-hybridized carbons (Fsp3) is 0. The Hall–Kier alpha value is -3.90. The first-order valence-electron chi connectivity index (χ1n) is 5.60. The first kappa shape index (κ1) is 17.2. The molecule has 13 nitrogen and oxygen atoms in total. The lowest BCUT2D eigenvalue weighted by atomic mass is 10.2. The van der Waals surface area contributed by atoms with E-state index in [0.29, 0.717) is 18.1 Å². The molecule has 3 N–H and O–H groups in total. The van der Waals surface area contributed by atoms with Crippen LogP contribution in [0.1, 0.15) is 0 Å². The highest BCUT2D eigenvalue weighted by Gasteiger charge is 2.24. The van der Waals surface area contributed by atoms with Gasteiger partial charge in [0.1, 0.15) is 6.20 Å². The number of H-pyrrole nitrogens is 1. The van der Waals surface area contributed by atoms with E-state index in [1.807, 2.05) is 0 Å². The molecule has 2 aromatic rings. The summed E-state index contributed by atoms with van der Waals surface area (Å²) in [6.45, 7) is 0. The van der Waals surface area contributed by atoms with Gasteiger partial charge in [-0.05, 0) is 0 Å². The van der Waals surface area contributed by atoms with Gasteiger partial charge < -0.3 is 5.11 Å². The highest BCUT2D eigenvalue weighted by molar-refractivity contribution is 5.63. The van der Waals surface area contributed by atoms with Crippen LogP contribution in [0.2, 0.25) is 0 Å². The molecule has 0 fully saturated rings. The summed E-state index contributed by atoms with van der Waals surface area (Å²) in [6.07, 6.45) is 3.36. The smallest absolute Gasteiger partial charge is 0.386 e. The number of nitrogens with zero attached hydrogens (tertiary/aromatic N) is 4. The molecule has 0 bridgehead atoms. The van der Waals surface area contributed by atoms with Gasteiger partial charge in [0.2, 0.25) is 0 Å². The summed E-state index contributed by atoms with van der Waals surface area (Å²) in [5.74, 6) is -1.01. The Balaban J connectivity index is 0.000000313. The summed E-state index contributed by atoms with van der Waals surface area (Å²) in [6, 6.07) is 2.54. The molecular weight excluding hydrogens is 316 g/mol. The molecule has 0 aliphatic rings. The van der Waals surface area contributed by atoms with Crippen LogP contribution in [-0.2, 0) is 0 Å². The SMILES string of the molecule is Nc1nccc[nH+]1.O=[N+]([O-])c1cc([N+](=O)[O-])c([O-])c([N+](=O)[O-])c1. The maximum atomic E-state index is 11.1. The quantitative estimate of drug-likeness (QED) is 0.592. The third kappa shape index (κ3) is 4.55. The number of non-ortho nitro benzene ring substituents is 1. The number of hydrogen-bond donors (Lipinski definition) is 1. The van der Waals surface area contributed by atoms with Crippen LogP contribution in [0.4, 0.5) is 23.0 Å². The van der Waals surface area contributed by atoms with Gasteiger partial charge in [-0.3, -0.25) is 36.1 Å². The molecule has 1 heterocycles. The second-order valence-electron chi connectivity index (χ2n) is 3.75. The number of nitrogen functional groups attached to an aromatic ring is 1. The van der Waals surface area contributed by atoms with Crippen LogP contribution in [0.25, 0.3) is 0 Å². The molecule has 23 heavy (non-hydrogen) atoms. The van der Waals surface area contributed by atoms with Gasteiger partial charge in [0.25, 0.3) is 17.1 Å². The molecule has 0 aliphatic heterocycles. The highest BCUT2D eigenvalue weighted by atomic mass is 16.6. The Morgan fingerprint density at radius 3 is 1.78 bits per heavy atom. The first-order valence-corrected chi connectivity index (χ1v) is 5.60. The minimum atomic E-state index is -1.46. The number of rotatable bonds is 3.